The lowest BCUT2D eigenvalue weighted by Crippen LogP contribution is -2.28. The molecule has 2 aromatic carbocycles. The molecule has 3 rings (SSSR count). The van der Waals surface area contributed by atoms with Crippen molar-refractivity contribution in [2.75, 3.05) is 5.32 Å². The number of nitrogens with zero attached hydrogens (tertiary/aromatic N) is 3. The second kappa shape index (κ2) is 7.17. The van der Waals surface area contributed by atoms with Crippen molar-refractivity contribution < 1.29 is 18.1 Å². The van der Waals surface area contributed by atoms with Gasteiger partial charge in [-0.2, -0.15) is 0 Å². The highest BCUT2D eigenvalue weighted by Crippen LogP contribution is 2.16. The number of nitrogens with two attached hydrogens (primary N) is 1. The molecule has 0 unspecified atom stereocenters. The Morgan fingerprint density at radius 2 is 2.00 bits per heavy atom. The van der Waals surface area contributed by atoms with Crippen molar-refractivity contribution in [3.05, 3.63) is 69.3 Å². The van der Waals surface area contributed by atoms with E-state index in [2.05, 4.69) is 10.3 Å². The molecule has 3 aromatic rings. The third-order valence-corrected chi connectivity index (χ3v) is 4.69. The van der Waals surface area contributed by atoms with Gasteiger partial charge in [0.05, 0.1) is 27.0 Å². The molecule has 0 saturated heterocycles. The molecule has 0 spiro atoms. The number of carbonyl (C=O) groups is 1. The number of nitro benzene ring substituents is 1. The Morgan fingerprint density at radius 3 is 2.68 bits per heavy atom. The van der Waals surface area contributed by atoms with E-state index >= 15 is 0 Å². The first kappa shape index (κ1) is 19.1. The molecule has 1 aromatic heterocycles. The van der Waals surface area contributed by atoms with Crippen LogP contribution in [0, 0.1) is 10.1 Å². The second-order valence-electron chi connectivity index (χ2n) is 5.76. The van der Waals surface area contributed by atoms with Crippen LogP contribution in [0.1, 0.15) is 0 Å². The zero-order valence-electron chi connectivity index (χ0n) is 14.1. The van der Waals surface area contributed by atoms with Gasteiger partial charge >= 0.3 is 0 Å². The van der Waals surface area contributed by atoms with Crippen LogP contribution in [0.3, 0.4) is 0 Å². The van der Waals surface area contributed by atoms with Gasteiger partial charge < -0.3 is 5.32 Å². The molecular weight excluding hydrogens is 390 g/mol. The molecule has 144 valence electrons. The van der Waals surface area contributed by atoms with Gasteiger partial charge in [0.2, 0.25) is 15.9 Å². The predicted octanol–water partition coefficient (Wildman–Crippen LogP) is 0.591. The summed E-state index contributed by atoms with van der Waals surface area (Å²) in [6.07, 6.45) is 1.11. The number of non-ortho nitro benzene ring substituents is 1. The molecular formula is C16H13N5O6S. The number of carbonyl (C=O) groups excluding carboxylic acids is 1. The van der Waals surface area contributed by atoms with Gasteiger partial charge in [-0.25, -0.2) is 18.5 Å². The molecule has 0 atom stereocenters. The summed E-state index contributed by atoms with van der Waals surface area (Å²) in [6.45, 7) is -0.391. The largest absolute Gasteiger partial charge is 0.324 e. The van der Waals surface area contributed by atoms with E-state index in [4.69, 9.17) is 5.14 Å². The summed E-state index contributed by atoms with van der Waals surface area (Å²) in [5.74, 6) is -0.600. The van der Waals surface area contributed by atoms with Crippen LogP contribution in [-0.4, -0.2) is 28.8 Å². The fourth-order valence-electron chi connectivity index (χ4n) is 2.48. The Hall–Kier alpha value is -3.64. The molecule has 0 radical (unpaired) electrons. The Bertz CT molecular complexity index is 1270. The summed E-state index contributed by atoms with van der Waals surface area (Å²) in [4.78, 5) is 38.7. The van der Waals surface area contributed by atoms with Crippen LogP contribution in [-0.2, 0) is 21.4 Å². The lowest BCUT2D eigenvalue weighted by Gasteiger charge is -2.09. The van der Waals surface area contributed by atoms with Gasteiger partial charge in [-0.15, -0.1) is 0 Å². The van der Waals surface area contributed by atoms with Crippen LogP contribution in [0.5, 0.6) is 0 Å². The van der Waals surface area contributed by atoms with Gasteiger partial charge in [-0.3, -0.25) is 24.3 Å². The second-order valence-corrected chi connectivity index (χ2v) is 7.32. The zero-order chi connectivity index (χ0) is 20.5. The average molecular weight is 403 g/mol. The van der Waals surface area contributed by atoms with Crippen molar-refractivity contribution in [2.45, 2.75) is 11.4 Å². The first-order chi connectivity index (χ1) is 13.1. The number of amides is 1. The molecule has 3 N–H and O–H groups in total. The molecule has 11 nitrogen and oxygen atoms in total. The fraction of sp³-hybridized carbons (Fsp3) is 0.0625. The van der Waals surface area contributed by atoms with Crippen molar-refractivity contribution in [3.63, 3.8) is 0 Å². The van der Waals surface area contributed by atoms with Gasteiger partial charge in [0, 0.05) is 17.8 Å². The highest BCUT2D eigenvalue weighted by atomic mass is 32.2. The summed E-state index contributed by atoms with van der Waals surface area (Å²) in [5.41, 5.74) is -0.427. The first-order valence-corrected chi connectivity index (χ1v) is 9.26. The lowest BCUT2D eigenvalue weighted by molar-refractivity contribution is -0.384. The topological polar surface area (TPSA) is 167 Å². The third-order valence-electron chi connectivity index (χ3n) is 3.78. The standard InChI is InChI=1S/C16H13N5O6S/c17-28(26,27)12-3-1-2-10(6-12)19-15(22)8-20-9-18-14-7-11(21(24)25)4-5-13(14)16(20)23/h1-7,9H,8H2,(H,19,22)(H2,17,26,27). The SMILES string of the molecule is NS(=O)(=O)c1cccc(NC(=O)Cn2cnc3cc([N+](=O)[O-])ccc3c2=O)c1. The quantitative estimate of drug-likeness (QED) is 0.464. The van der Waals surface area contributed by atoms with Crippen molar-refractivity contribution >= 4 is 38.2 Å². The molecule has 0 aliphatic carbocycles. The Morgan fingerprint density at radius 1 is 1.25 bits per heavy atom. The van der Waals surface area contributed by atoms with Crippen LogP contribution in [0.4, 0.5) is 11.4 Å². The maximum absolute atomic E-state index is 12.5. The van der Waals surface area contributed by atoms with E-state index in [9.17, 15) is 28.1 Å². The number of benzene rings is 2. The van der Waals surface area contributed by atoms with E-state index in [-0.39, 0.29) is 27.2 Å². The Labute approximate surface area is 157 Å². The maximum Gasteiger partial charge on any atom is 0.271 e. The number of hydrogen-bond donors (Lipinski definition) is 2. The highest BCUT2D eigenvalue weighted by Gasteiger charge is 2.13. The normalized spacial score (nSPS) is 11.3. The van der Waals surface area contributed by atoms with Crippen molar-refractivity contribution in [3.8, 4) is 0 Å². The zero-order valence-corrected chi connectivity index (χ0v) is 14.9. The molecule has 0 aliphatic heterocycles. The molecule has 1 amide bonds. The lowest BCUT2D eigenvalue weighted by atomic mass is 10.2. The van der Waals surface area contributed by atoms with Crippen LogP contribution in [0.15, 0.2) is 58.5 Å². The number of sulfonamides is 1. The van der Waals surface area contributed by atoms with Gasteiger partial charge in [0.25, 0.3) is 11.2 Å². The number of rotatable bonds is 5. The van der Waals surface area contributed by atoms with E-state index in [1.54, 1.807) is 0 Å². The minimum Gasteiger partial charge on any atom is -0.324 e. The Balaban J connectivity index is 1.84. The minimum absolute atomic E-state index is 0.122. The van der Waals surface area contributed by atoms with Gasteiger partial charge in [0.1, 0.15) is 6.54 Å². The molecule has 0 saturated carbocycles. The van der Waals surface area contributed by atoms with Gasteiger partial charge in [0.15, 0.2) is 0 Å². The Kier molecular flexibility index (Phi) is 4.90. The summed E-state index contributed by atoms with van der Waals surface area (Å²) in [7, 11) is -3.93. The number of nitro groups is 1. The van der Waals surface area contributed by atoms with Crippen molar-refractivity contribution in [1.82, 2.24) is 9.55 Å². The van der Waals surface area contributed by atoms with Gasteiger partial charge in [-0.05, 0) is 24.3 Å². The summed E-state index contributed by atoms with van der Waals surface area (Å²) < 4.78 is 23.8. The minimum atomic E-state index is -3.93. The summed E-state index contributed by atoms with van der Waals surface area (Å²) in [6, 6.07) is 8.95. The number of hydrogen-bond acceptors (Lipinski definition) is 7. The summed E-state index contributed by atoms with van der Waals surface area (Å²) >= 11 is 0. The number of primary sulfonamides is 1. The number of fused-ring (bicyclic) bond motifs is 1. The first-order valence-electron chi connectivity index (χ1n) is 7.71. The molecule has 12 heteroatoms. The molecule has 0 bridgehead atoms. The number of aromatic nitrogens is 2. The predicted molar refractivity (Wildman–Crippen MR) is 99.1 cm³/mol. The van der Waals surface area contributed by atoms with E-state index in [0.717, 1.165) is 10.9 Å². The number of nitrogens with one attached hydrogen (secondary N) is 1. The monoisotopic (exact) mass is 403 g/mol. The van der Waals surface area contributed by atoms with Crippen LogP contribution in [0.25, 0.3) is 10.9 Å². The van der Waals surface area contributed by atoms with E-state index in [1.165, 1.54) is 42.5 Å². The maximum atomic E-state index is 12.5. The van der Waals surface area contributed by atoms with E-state index in [0.29, 0.717) is 0 Å². The van der Waals surface area contributed by atoms with Crippen LogP contribution >= 0.6 is 0 Å². The summed E-state index contributed by atoms with van der Waals surface area (Å²) in [5, 5.41) is 18.4. The smallest absolute Gasteiger partial charge is 0.271 e. The van der Waals surface area contributed by atoms with Crippen molar-refractivity contribution in [1.29, 1.82) is 0 Å². The average Bonchev–Trinajstić information content (AvgIpc) is 2.63. The highest BCUT2D eigenvalue weighted by molar-refractivity contribution is 7.89. The van der Waals surface area contributed by atoms with Crippen LogP contribution in [0.2, 0.25) is 0 Å². The van der Waals surface area contributed by atoms with E-state index < -0.39 is 33.0 Å². The van der Waals surface area contributed by atoms with Crippen LogP contribution < -0.4 is 16.0 Å². The molecule has 0 fully saturated rings. The van der Waals surface area contributed by atoms with Crippen molar-refractivity contribution in [2.24, 2.45) is 5.14 Å². The van der Waals surface area contributed by atoms with E-state index in [1.807, 2.05) is 0 Å². The number of anilines is 1. The third kappa shape index (κ3) is 4.02. The van der Waals surface area contributed by atoms with Gasteiger partial charge in [-0.1, -0.05) is 6.07 Å². The molecule has 0 aliphatic rings. The molecule has 28 heavy (non-hydrogen) atoms. The molecule has 1 heterocycles. The fourth-order valence-corrected chi connectivity index (χ4v) is 3.04.